The second kappa shape index (κ2) is 7.86. The summed E-state index contributed by atoms with van der Waals surface area (Å²) in [6, 6.07) is 0. The van der Waals surface area contributed by atoms with Gasteiger partial charge in [0.2, 0.25) is 5.91 Å². The van der Waals surface area contributed by atoms with Gasteiger partial charge in [-0.1, -0.05) is 20.3 Å². The molecule has 1 fully saturated rings. The first-order valence-electron chi connectivity index (χ1n) is 7.38. The molecule has 0 radical (unpaired) electrons. The van der Waals surface area contributed by atoms with Crippen molar-refractivity contribution < 1.29 is 18.0 Å². The SMILES string of the molecule is CCCC(C)C(=O)NCC1CCN(CCC(F)(F)F)C1. The lowest BCUT2D eigenvalue weighted by atomic mass is 10.0. The van der Waals surface area contributed by atoms with Crippen LogP contribution in [-0.2, 0) is 4.79 Å². The molecule has 0 aromatic rings. The first-order chi connectivity index (χ1) is 9.31. The maximum atomic E-state index is 12.1. The molecule has 0 saturated carbocycles. The third-order valence-corrected chi connectivity index (χ3v) is 3.82. The number of nitrogens with one attached hydrogen (secondary N) is 1. The van der Waals surface area contributed by atoms with Crippen LogP contribution in [0, 0.1) is 11.8 Å². The summed E-state index contributed by atoms with van der Waals surface area (Å²) in [5.41, 5.74) is 0. The number of alkyl halides is 3. The average molecular weight is 294 g/mol. The predicted octanol–water partition coefficient (Wildman–Crippen LogP) is 2.81. The van der Waals surface area contributed by atoms with Gasteiger partial charge in [-0.3, -0.25) is 4.79 Å². The Morgan fingerprint density at radius 2 is 2.15 bits per heavy atom. The number of nitrogens with zero attached hydrogens (tertiary/aromatic N) is 1. The monoisotopic (exact) mass is 294 g/mol. The van der Waals surface area contributed by atoms with Crippen LogP contribution in [0.1, 0.15) is 39.5 Å². The van der Waals surface area contributed by atoms with Crippen molar-refractivity contribution in [3.63, 3.8) is 0 Å². The van der Waals surface area contributed by atoms with Crippen LogP contribution >= 0.6 is 0 Å². The van der Waals surface area contributed by atoms with Crippen LogP contribution in [0.2, 0.25) is 0 Å². The normalized spacial score (nSPS) is 21.9. The molecule has 118 valence electrons. The number of carbonyl (C=O) groups excluding carboxylic acids is 1. The number of hydrogen-bond donors (Lipinski definition) is 1. The minimum atomic E-state index is -4.08. The molecule has 6 heteroatoms. The Kier molecular flexibility index (Phi) is 6.79. The summed E-state index contributed by atoms with van der Waals surface area (Å²) in [6.07, 6.45) is -2.13. The smallest absolute Gasteiger partial charge is 0.356 e. The van der Waals surface area contributed by atoms with E-state index in [0.717, 1.165) is 19.3 Å². The highest BCUT2D eigenvalue weighted by Gasteiger charge is 2.30. The third kappa shape index (κ3) is 6.59. The second-order valence-electron chi connectivity index (χ2n) is 5.76. The molecule has 1 rings (SSSR count). The Labute approximate surface area is 118 Å². The van der Waals surface area contributed by atoms with Crippen LogP contribution in [0.25, 0.3) is 0 Å². The van der Waals surface area contributed by atoms with E-state index >= 15 is 0 Å². The zero-order valence-corrected chi connectivity index (χ0v) is 12.3. The summed E-state index contributed by atoms with van der Waals surface area (Å²) < 4.78 is 36.4. The van der Waals surface area contributed by atoms with Crippen molar-refractivity contribution in [3.8, 4) is 0 Å². The molecule has 1 saturated heterocycles. The Morgan fingerprint density at radius 3 is 2.75 bits per heavy atom. The van der Waals surface area contributed by atoms with Gasteiger partial charge in [-0.15, -0.1) is 0 Å². The molecule has 1 aliphatic heterocycles. The zero-order chi connectivity index (χ0) is 15.2. The quantitative estimate of drug-likeness (QED) is 0.783. The van der Waals surface area contributed by atoms with E-state index < -0.39 is 12.6 Å². The highest BCUT2D eigenvalue weighted by atomic mass is 19.4. The Bertz CT molecular complexity index is 307. The van der Waals surface area contributed by atoms with E-state index in [4.69, 9.17) is 0 Å². The molecule has 3 nitrogen and oxygen atoms in total. The highest BCUT2D eigenvalue weighted by molar-refractivity contribution is 5.78. The summed E-state index contributed by atoms with van der Waals surface area (Å²) >= 11 is 0. The topological polar surface area (TPSA) is 32.3 Å². The zero-order valence-electron chi connectivity index (χ0n) is 12.3. The van der Waals surface area contributed by atoms with Crippen LogP contribution in [0.3, 0.4) is 0 Å². The fourth-order valence-electron chi connectivity index (χ4n) is 2.55. The Hall–Kier alpha value is -0.780. The van der Waals surface area contributed by atoms with Crippen LogP contribution in [0.15, 0.2) is 0 Å². The third-order valence-electron chi connectivity index (χ3n) is 3.82. The van der Waals surface area contributed by atoms with Crippen molar-refractivity contribution >= 4 is 5.91 Å². The fourth-order valence-corrected chi connectivity index (χ4v) is 2.55. The summed E-state index contributed by atoms with van der Waals surface area (Å²) in [4.78, 5) is 13.6. The number of hydrogen-bond acceptors (Lipinski definition) is 2. The molecule has 1 aliphatic rings. The van der Waals surface area contributed by atoms with Gasteiger partial charge < -0.3 is 10.2 Å². The minimum Gasteiger partial charge on any atom is -0.356 e. The van der Waals surface area contributed by atoms with Gasteiger partial charge in [0.15, 0.2) is 0 Å². The summed E-state index contributed by atoms with van der Waals surface area (Å²) in [7, 11) is 0. The lowest BCUT2D eigenvalue weighted by Gasteiger charge is -2.18. The van der Waals surface area contributed by atoms with E-state index in [1.807, 2.05) is 18.7 Å². The number of rotatable bonds is 7. The Balaban J connectivity index is 2.19. The Morgan fingerprint density at radius 1 is 1.45 bits per heavy atom. The summed E-state index contributed by atoms with van der Waals surface area (Å²) in [5, 5.41) is 2.91. The number of halogens is 3. The molecular weight excluding hydrogens is 269 g/mol. The molecule has 1 heterocycles. The summed E-state index contributed by atoms with van der Waals surface area (Å²) in [5.74, 6) is 0.351. The predicted molar refractivity (Wildman–Crippen MR) is 72.3 cm³/mol. The molecule has 0 aliphatic carbocycles. The van der Waals surface area contributed by atoms with Gasteiger partial charge in [0.05, 0.1) is 6.42 Å². The van der Waals surface area contributed by atoms with Crippen molar-refractivity contribution in [3.05, 3.63) is 0 Å². The van der Waals surface area contributed by atoms with Crippen LogP contribution in [0.5, 0.6) is 0 Å². The first-order valence-corrected chi connectivity index (χ1v) is 7.38. The first kappa shape index (κ1) is 17.3. The molecule has 1 amide bonds. The van der Waals surface area contributed by atoms with Gasteiger partial charge in [-0.2, -0.15) is 13.2 Å². The van der Waals surface area contributed by atoms with Crippen LogP contribution < -0.4 is 5.32 Å². The van der Waals surface area contributed by atoms with Gasteiger partial charge in [0.25, 0.3) is 0 Å². The van der Waals surface area contributed by atoms with Gasteiger partial charge >= 0.3 is 6.18 Å². The fraction of sp³-hybridized carbons (Fsp3) is 0.929. The van der Waals surface area contributed by atoms with E-state index in [1.54, 1.807) is 0 Å². The number of amides is 1. The maximum Gasteiger partial charge on any atom is 0.390 e. The van der Waals surface area contributed by atoms with Crippen molar-refractivity contribution in [2.75, 3.05) is 26.2 Å². The average Bonchev–Trinajstić information content (AvgIpc) is 2.81. The van der Waals surface area contributed by atoms with E-state index in [0.29, 0.717) is 19.6 Å². The minimum absolute atomic E-state index is 0.0164. The molecule has 0 bridgehead atoms. The van der Waals surface area contributed by atoms with Crippen molar-refractivity contribution in [2.45, 2.75) is 45.7 Å². The van der Waals surface area contributed by atoms with Crippen molar-refractivity contribution in [2.24, 2.45) is 11.8 Å². The summed E-state index contributed by atoms with van der Waals surface area (Å²) in [6.45, 7) is 5.94. The van der Waals surface area contributed by atoms with Crippen LogP contribution in [0.4, 0.5) is 13.2 Å². The standard InChI is InChI=1S/C14H25F3N2O/c1-3-4-11(2)13(20)18-9-12-5-7-19(10-12)8-6-14(15,16)17/h11-12H,3-10H2,1-2H3,(H,18,20). The molecule has 2 atom stereocenters. The van der Waals surface area contributed by atoms with Crippen molar-refractivity contribution in [1.29, 1.82) is 0 Å². The molecule has 0 aromatic heterocycles. The van der Waals surface area contributed by atoms with Gasteiger partial charge in [0, 0.05) is 25.6 Å². The highest BCUT2D eigenvalue weighted by Crippen LogP contribution is 2.22. The molecule has 1 N–H and O–H groups in total. The molecule has 0 spiro atoms. The lowest BCUT2D eigenvalue weighted by Crippen LogP contribution is -2.34. The molecule has 20 heavy (non-hydrogen) atoms. The lowest BCUT2D eigenvalue weighted by molar-refractivity contribution is -0.137. The van der Waals surface area contributed by atoms with E-state index in [-0.39, 0.29) is 24.3 Å². The van der Waals surface area contributed by atoms with Crippen LogP contribution in [-0.4, -0.2) is 43.2 Å². The number of carbonyl (C=O) groups is 1. The largest absolute Gasteiger partial charge is 0.390 e. The molecule has 0 aromatic carbocycles. The maximum absolute atomic E-state index is 12.1. The molecule has 2 unspecified atom stereocenters. The van der Waals surface area contributed by atoms with Gasteiger partial charge in [-0.25, -0.2) is 0 Å². The van der Waals surface area contributed by atoms with Crippen molar-refractivity contribution in [1.82, 2.24) is 10.2 Å². The van der Waals surface area contributed by atoms with E-state index in [1.165, 1.54) is 0 Å². The van der Waals surface area contributed by atoms with E-state index in [2.05, 4.69) is 5.32 Å². The molecular formula is C14H25F3N2O. The number of likely N-dealkylation sites (tertiary alicyclic amines) is 1. The van der Waals surface area contributed by atoms with E-state index in [9.17, 15) is 18.0 Å². The second-order valence-corrected chi connectivity index (χ2v) is 5.76. The van der Waals surface area contributed by atoms with Gasteiger partial charge in [-0.05, 0) is 25.3 Å². The van der Waals surface area contributed by atoms with Gasteiger partial charge in [0.1, 0.15) is 0 Å².